The highest BCUT2D eigenvalue weighted by molar-refractivity contribution is 7.99. The van der Waals surface area contributed by atoms with E-state index in [2.05, 4.69) is 79.7 Å². The number of hydrogen-bond donors (Lipinski definition) is 0. The molecular weight excluding hydrogens is 226 g/mol. The van der Waals surface area contributed by atoms with Gasteiger partial charge in [0.25, 0.3) is 0 Å². The quantitative estimate of drug-likeness (QED) is 0.589. The fourth-order valence-corrected chi connectivity index (χ4v) is 2.79. The average Bonchev–Trinajstić information content (AvgIpc) is 2.38. The van der Waals surface area contributed by atoms with Crippen LogP contribution in [0.3, 0.4) is 0 Å². The van der Waals surface area contributed by atoms with Crippen LogP contribution in [0, 0.1) is 0 Å². The summed E-state index contributed by atoms with van der Waals surface area (Å²) >= 11 is 1.88. The van der Waals surface area contributed by atoms with Gasteiger partial charge in [0.05, 0.1) is 5.37 Å². The highest BCUT2D eigenvalue weighted by Gasteiger charge is 2.14. The minimum Gasteiger partial charge on any atom is -0.294 e. The van der Waals surface area contributed by atoms with Crippen LogP contribution in [0.1, 0.15) is 10.9 Å². The smallest absolute Gasteiger partial charge is 0.0856 e. The van der Waals surface area contributed by atoms with E-state index in [1.165, 1.54) is 10.5 Å². The Balaban J connectivity index is 2.20. The van der Waals surface area contributed by atoms with Crippen LogP contribution in [0.15, 0.2) is 65.6 Å². The Kier molecular flexibility index (Phi) is 4.24. The number of rotatable bonds is 4. The Morgan fingerprint density at radius 3 is 1.88 bits per heavy atom. The van der Waals surface area contributed by atoms with Crippen molar-refractivity contribution in [3.63, 3.8) is 0 Å². The number of benzene rings is 2. The zero-order valence-electron chi connectivity index (χ0n) is 10.2. The highest BCUT2D eigenvalue weighted by atomic mass is 32.2. The van der Waals surface area contributed by atoms with Crippen molar-refractivity contribution in [1.82, 2.24) is 4.90 Å². The number of hydrogen-bond acceptors (Lipinski definition) is 2. The van der Waals surface area contributed by atoms with Gasteiger partial charge in [0.1, 0.15) is 0 Å². The second kappa shape index (κ2) is 5.89. The first-order valence-electron chi connectivity index (χ1n) is 5.70. The first-order valence-corrected chi connectivity index (χ1v) is 6.58. The summed E-state index contributed by atoms with van der Waals surface area (Å²) < 4.78 is 0. The lowest BCUT2D eigenvalue weighted by molar-refractivity contribution is 0.391. The van der Waals surface area contributed by atoms with Gasteiger partial charge in [-0.1, -0.05) is 48.5 Å². The molecule has 0 saturated carbocycles. The summed E-state index contributed by atoms with van der Waals surface area (Å²) in [4.78, 5) is 3.54. The zero-order valence-corrected chi connectivity index (χ0v) is 11.0. The van der Waals surface area contributed by atoms with Crippen LogP contribution in [0.5, 0.6) is 0 Å². The third-order valence-electron chi connectivity index (χ3n) is 2.54. The van der Waals surface area contributed by atoms with E-state index in [1.807, 2.05) is 11.8 Å². The van der Waals surface area contributed by atoms with Crippen molar-refractivity contribution in [3.05, 3.63) is 66.2 Å². The van der Waals surface area contributed by atoms with Gasteiger partial charge in [0.2, 0.25) is 0 Å². The molecule has 0 heterocycles. The highest BCUT2D eigenvalue weighted by Crippen LogP contribution is 2.36. The third-order valence-corrected chi connectivity index (χ3v) is 4.01. The molecule has 0 bridgehead atoms. The molecule has 17 heavy (non-hydrogen) atoms. The Labute approximate surface area is 107 Å². The lowest BCUT2D eigenvalue weighted by atomic mass is 10.2. The second-order valence-corrected chi connectivity index (χ2v) is 5.31. The minimum absolute atomic E-state index is 0.360. The lowest BCUT2D eigenvalue weighted by Gasteiger charge is -2.24. The van der Waals surface area contributed by atoms with E-state index < -0.39 is 0 Å². The summed E-state index contributed by atoms with van der Waals surface area (Å²) in [5.41, 5.74) is 1.34. The van der Waals surface area contributed by atoms with Crippen molar-refractivity contribution in [2.24, 2.45) is 0 Å². The maximum atomic E-state index is 2.24. The minimum atomic E-state index is 0.360. The molecule has 0 fully saturated rings. The van der Waals surface area contributed by atoms with Gasteiger partial charge in [0, 0.05) is 4.90 Å². The summed E-state index contributed by atoms with van der Waals surface area (Å²) in [7, 11) is 4.24. The van der Waals surface area contributed by atoms with Gasteiger partial charge < -0.3 is 0 Å². The lowest BCUT2D eigenvalue weighted by Crippen LogP contribution is -2.16. The molecule has 2 aromatic carbocycles. The van der Waals surface area contributed by atoms with Crippen molar-refractivity contribution < 1.29 is 0 Å². The largest absolute Gasteiger partial charge is 0.294 e. The van der Waals surface area contributed by atoms with E-state index in [4.69, 9.17) is 0 Å². The molecular formula is C15H17NS. The van der Waals surface area contributed by atoms with Crippen LogP contribution < -0.4 is 0 Å². The molecule has 0 aliphatic heterocycles. The predicted octanol–water partition coefficient (Wildman–Crippen LogP) is 4.04. The maximum absolute atomic E-state index is 2.24. The SMILES string of the molecule is CN(C)C(Sc1ccccc1)c1ccccc1. The van der Waals surface area contributed by atoms with Crippen LogP contribution in [0.4, 0.5) is 0 Å². The Bertz CT molecular complexity index is 439. The van der Waals surface area contributed by atoms with Crippen LogP contribution in [-0.2, 0) is 0 Å². The normalized spacial score (nSPS) is 12.6. The Hall–Kier alpha value is -1.25. The van der Waals surface area contributed by atoms with Gasteiger partial charge in [0.15, 0.2) is 0 Å². The molecule has 1 unspecified atom stereocenters. The fourth-order valence-electron chi connectivity index (χ4n) is 1.72. The summed E-state index contributed by atoms with van der Waals surface area (Å²) in [6, 6.07) is 21.1. The van der Waals surface area contributed by atoms with E-state index in [-0.39, 0.29) is 0 Å². The molecule has 0 saturated heterocycles. The molecule has 0 N–H and O–H groups in total. The standard InChI is InChI=1S/C15H17NS/c1-16(2)15(13-9-5-3-6-10-13)17-14-11-7-4-8-12-14/h3-12,15H,1-2H3. The van der Waals surface area contributed by atoms with Crippen molar-refractivity contribution in [2.45, 2.75) is 10.3 Å². The molecule has 0 amide bonds. The van der Waals surface area contributed by atoms with Crippen LogP contribution in [-0.4, -0.2) is 19.0 Å². The van der Waals surface area contributed by atoms with Gasteiger partial charge in [-0.25, -0.2) is 0 Å². The van der Waals surface area contributed by atoms with E-state index in [1.54, 1.807) is 0 Å². The van der Waals surface area contributed by atoms with Crippen LogP contribution in [0.2, 0.25) is 0 Å². The van der Waals surface area contributed by atoms with Crippen molar-refractivity contribution >= 4 is 11.8 Å². The zero-order chi connectivity index (χ0) is 12.1. The van der Waals surface area contributed by atoms with Gasteiger partial charge >= 0.3 is 0 Å². The average molecular weight is 243 g/mol. The molecule has 2 heteroatoms. The number of thioether (sulfide) groups is 1. The molecule has 0 aromatic heterocycles. The van der Waals surface area contributed by atoms with Crippen molar-refractivity contribution in [3.8, 4) is 0 Å². The second-order valence-electron chi connectivity index (χ2n) is 4.16. The van der Waals surface area contributed by atoms with E-state index in [0.29, 0.717) is 5.37 Å². The topological polar surface area (TPSA) is 3.24 Å². The summed E-state index contributed by atoms with van der Waals surface area (Å²) in [5.74, 6) is 0. The molecule has 2 rings (SSSR count). The molecule has 1 atom stereocenters. The molecule has 88 valence electrons. The van der Waals surface area contributed by atoms with Crippen molar-refractivity contribution in [1.29, 1.82) is 0 Å². The fraction of sp³-hybridized carbons (Fsp3) is 0.200. The summed E-state index contributed by atoms with van der Waals surface area (Å²) in [6.45, 7) is 0. The van der Waals surface area contributed by atoms with E-state index >= 15 is 0 Å². The molecule has 0 aliphatic carbocycles. The van der Waals surface area contributed by atoms with Gasteiger partial charge in [-0.3, -0.25) is 4.90 Å². The van der Waals surface area contributed by atoms with Gasteiger partial charge in [-0.15, -0.1) is 11.8 Å². The molecule has 2 aromatic rings. The first kappa shape index (κ1) is 12.2. The summed E-state index contributed by atoms with van der Waals surface area (Å²) in [5, 5.41) is 0.360. The molecule has 0 spiro atoms. The number of nitrogens with zero attached hydrogens (tertiary/aromatic N) is 1. The van der Waals surface area contributed by atoms with Crippen molar-refractivity contribution in [2.75, 3.05) is 14.1 Å². The monoisotopic (exact) mass is 243 g/mol. The third kappa shape index (κ3) is 3.35. The molecule has 1 nitrogen and oxygen atoms in total. The van der Waals surface area contributed by atoms with Gasteiger partial charge in [-0.2, -0.15) is 0 Å². The first-order chi connectivity index (χ1) is 8.27. The van der Waals surface area contributed by atoms with E-state index in [9.17, 15) is 0 Å². The predicted molar refractivity (Wildman–Crippen MR) is 75.2 cm³/mol. The maximum Gasteiger partial charge on any atom is 0.0856 e. The Morgan fingerprint density at radius 2 is 1.35 bits per heavy atom. The van der Waals surface area contributed by atoms with E-state index in [0.717, 1.165) is 0 Å². The summed E-state index contributed by atoms with van der Waals surface area (Å²) in [6.07, 6.45) is 0. The molecule has 0 aliphatic rings. The van der Waals surface area contributed by atoms with Crippen LogP contribution >= 0.6 is 11.8 Å². The molecule has 0 radical (unpaired) electrons. The Morgan fingerprint density at radius 1 is 0.824 bits per heavy atom. The van der Waals surface area contributed by atoms with Crippen LogP contribution in [0.25, 0.3) is 0 Å². The van der Waals surface area contributed by atoms with Gasteiger partial charge in [-0.05, 0) is 31.8 Å².